The van der Waals surface area contributed by atoms with Crippen LogP contribution in [0.3, 0.4) is 0 Å². The second-order valence-corrected chi connectivity index (χ2v) is 17.4. The van der Waals surface area contributed by atoms with Crippen LogP contribution < -0.4 is 15.6 Å². The van der Waals surface area contributed by atoms with Gasteiger partial charge in [-0.25, -0.2) is 0 Å². The molecule has 4 aromatic rings. The summed E-state index contributed by atoms with van der Waals surface area (Å²) in [6.45, 7) is 13.4. The van der Waals surface area contributed by atoms with Crippen molar-refractivity contribution >= 4 is 41.1 Å². The monoisotopic (exact) mass is 792 g/mol. The van der Waals surface area contributed by atoms with Crippen molar-refractivity contribution in [3.05, 3.63) is 97.5 Å². The minimum absolute atomic E-state index is 0.0614. The van der Waals surface area contributed by atoms with Crippen molar-refractivity contribution in [1.29, 1.82) is 0 Å². The highest BCUT2D eigenvalue weighted by Gasteiger charge is 2.45. The number of nitrogens with one attached hydrogen (secondary N) is 1. The number of hydrogen-bond acceptors (Lipinski definition) is 8. The summed E-state index contributed by atoms with van der Waals surface area (Å²) in [6, 6.07) is 16.0. The van der Waals surface area contributed by atoms with Gasteiger partial charge < -0.3 is 29.5 Å². The van der Waals surface area contributed by atoms with Gasteiger partial charge in [0.05, 0.1) is 40.2 Å². The Kier molecular flexibility index (Phi) is 10.8. The van der Waals surface area contributed by atoms with Gasteiger partial charge in [-0.05, 0) is 120 Å². The quantitative estimate of drug-likeness (QED) is 0.183. The fourth-order valence-corrected chi connectivity index (χ4v) is 10.2. The number of benzene rings is 3. The average molecular weight is 793 g/mol. The molecule has 1 spiro atoms. The van der Waals surface area contributed by atoms with Crippen molar-refractivity contribution in [2.24, 2.45) is 0 Å². The molecule has 0 aliphatic carbocycles. The van der Waals surface area contributed by atoms with Crippen LogP contribution in [0.2, 0.25) is 5.02 Å². The highest BCUT2D eigenvalue weighted by Crippen LogP contribution is 2.48. The minimum Gasteiger partial charge on any atom is -0.492 e. The summed E-state index contributed by atoms with van der Waals surface area (Å²) in [4.78, 5) is 60.4. The van der Waals surface area contributed by atoms with Crippen LogP contribution in [-0.2, 0) is 31.8 Å². The molecule has 0 bridgehead atoms. The number of nitrogens with zero attached hydrogens (tertiary/aromatic N) is 5. The second-order valence-electron chi connectivity index (χ2n) is 17.0. The van der Waals surface area contributed by atoms with Gasteiger partial charge in [-0.15, -0.1) is 0 Å². The summed E-state index contributed by atoms with van der Waals surface area (Å²) in [5, 5.41) is 3.55. The van der Waals surface area contributed by atoms with Gasteiger partial charge >= 0.3 is 0 Å². The molecule has 1 N–H and O–H groups in total. The fourth-order valence-electron chi connectivity index (χ4n) is 9.94. The molecular weight excluding hydrogens is 740 g/mol. The van der Waals surface area contributed by atoms with Gasteiger partial charge in [0.15, 0.2) is 0 Å². The van der Waals surface area contributed by atoms with Gasteiger partial charge in [-0.2, -0.15) is 4.98 Å². The maximum absolute atomic E-state index is 13.1. The summed E-state index contributed by atoms with van der Waals surface area (Å²) >= 11 is 6.47. The number of aldehydes is 1. The molecule has 8 rings (SSSR count). The number of amides is 2. The van der Waals surface area contributed by atoms with E-state index in [4.69, 9.17) is 16.3 Å². The van der Waals surface area contributed by atoms with Crippen molar-refractivity contribution in [2.45, 2.75) is 88.6 Å². The minimum atomic E-state index is -0.726. The highest BCUT2D eigenvalue weighted by molar-refractivity contribution is 6.35. The third-order valence-electron chi connectivity index (χ3n) is 13.5. The van der Waals surface area contributed by atoms with E-state index in [2.05, 4.69) is 68.8 Å². The van der Waals surface area contributed by atoms with Gasteiger partial charge in [0.25, 0.3) is 5.56 Å². The first-order valence-electron chi connectivity index (χ1n) is 20.4. The summed E-state index contributed by atoms with van der Waals surface area (Å²) in [5.74, 6) is 1.82. The first-order chi connectivity index (χ1) is 27.5. The largest absolute Gasteiger partial charge is 0.492 e. The van der Waals surface area contributed by atoms with E-state index in [1.807, 2.05) is 19.1 Å². The SMILES string of the molecule is CNC(=O)[C@H](CCC=O)N(C=O)Cc1c(C)ccc2c1OCC21CCN(CCN2CCC(c3ccc4c(c3)C(C)(C)c3nc(=O)c5c(Cl)cccc5n3-4)CC2)CC1. The lowest BCUT2D eigenvalue weighted by Crippen LogP contribution is -2.46. The number of carbonyl (C=O) groups is 3. The van der Waals surface area contributed by atoms with Gasteiger partial charge in [0, 0.05) is 43.1 Å². The van der Waals surface area contributed by atoms with Crippen LogP contribution in [-0.4, -0.2) is 102 Å². The van der Waals surface area contributed by atoms with E-state index in [0.29, 0.717) is 29.3 Å². The van der Waals surface area contributed by atoms with E-state index in [0.717, 1.165) is 105 Å². The Bertz CT molecular complexity index is 2270. The number of likely N-dealkylation sites (tertiary alicyclic amines) is 2. The maximum atomic E-state index is 13.1. The summed E-state index contributed by atoms with van der Waals surface area (Å²) in [5.41, 5.74) is 6.87. The van der Waals surface area contributed by atoms with Gasteiger partial charge in [0.2, 0.25) is 12.3 Å². The number of hydrogen-bond donors (Lipinski definition) is 1. The Labute approximate surface area is 339 Å². The number of piperidine rings is 2. The van der Waals surface area contributed by atoms with Crippen LogP contribution in [0.5, 0.6) is 5.75 Å². The van der Waals surface area contributed by atoms with E-state index in [1.54, 1.807) is 13.1 Å². The third kappa shape index (κ3) is 6.95. The molecule has 1 atom stereocenters. The van der Waals surface area contributed by atoms with Crippen LogP contribution in [0.4, 0.5) is 0 Å². The lowest BCUT2D eigenvalue weighted by atomic mass is 9.73. The zero-order chi connectivity index (χ0) is 40.1. The first-order valence-corrected chi connectivity index (χ1v) is 20.8. The molecule has 4 aliphatic heterocycles. The molecule has 0 unspecified atom stereocenters. The van der Waals surface area contributed by atoms with Crippen molar-refractivity contribution in [1.82, 2.24) is 29.6 Å². The normalized spacial score (nSPS) is 19.1. The predicted molar refractivity (Wildman–Crippen MR) is 222 cm³/mol. The Hall–Kier alpha value is -4.58. The first kappa shape index (κ1) is 39.3. The Morgan fingerprint density at radius 2 is 1.77 bits per heavy atom. The fraction of sp³-hybridized carbons (Fsp3) is 0.489. The van der Waals surface area contributed by atoms with Crippen molar-refractivity contribution in [3.8, 4) is 11.4 Å². The molecule has 12 heteroatoms. The van der Waals surface area contributed by atoms with Crippen molar-refractivity contribution in [3.63, 3.8) is 0 Å². The molecule has 11 nitrogen and oxygen atoms in total. The molecule has 2 saturated heterocycles. The standard InChI is InChI=1S/C45H53ClN6O5/c1-29-10-12-33-40(32(29)26-51(28-54)38(9-6-24-53)41(55)47-4)57-27-45(33)16-20-50(21-17-45)23-22-49-18-14-30(15-19-49)31-11-13-36-34(25-31)44(2,3)43-48-42(56)39-35(46)7-5-8-37(39)52(36)43/h5,7-8,10-13,24-25,28,30,38H,6,9,14-23,26-27H2,1-4H3,(H,47,55)/t38-/m0/s1. The number of halogens is 1. The molecule has 0 saturated carbocycles. The predicted octanol–water partition coefficient (Wildman–Crippen LogP) is 5.64. The Morgan fingerprint density at radius 1 is 1.04 bits per heavy atom. The van der Waals surface area contributed by atoms with E-state index in [1.165, 1.54) is 21.6 Å². The molecule has 1 aromatic heterocycles. The number of fused-ring (bicyclic) bond motifs is 7. The number of ether oxygens (including phenoxy) is 1. The highest BCUT2D eigenvalue weighted by atomic mass is 35.5. The molecule has 57 heavy (non-hydrogen) atoms. The molecule has 5 heterocycles. The zero-order valence-electron chi connectivity index (χ0n) is 33.5. The molecule has 2 fully saturated rings. The van der Waals surface area contributed by atoms with E-state index >= 15 is 0 Å². The maximum Gasteiger partial charge on any atom is 0.282 e. The number of rotatable bonds is 12. The smallest absolute Gasteiger partial charge is 0.282 e. The lowest BCUT2D eigenvalue weighted by Gasteiger charge is -2.40. The Balaban J connectivity index is 0.873. The average Bonchev–Trinajstić information content (AvgIpc) is 3.68. The summed E-state index contributed by atoms with van der Waals surface area (Å²) < 4.78 is 8.59. The molecule has 0 radical (unpaired) electrons. The molecule has 4 aliphatic rings. The summed E-state index contributed by atoms with van der Waals surface area (Å²) in [7, 11) is 1.55. The van der Waals surface area contributed by atoms with Gasteiger partial charge in [0.1, 0.15) is 23.9 Å². The second kappa shape index (κ2) is 15.6. The topological polar surface area (TPSA) is 117 Å². The number of aromatic nitrogens is 2. The Morgan fingerprint density at radius 3 is 2.47 bits per heavy atom. The van der Waals surface area contributed by atoms with E-state index in [-0.39, 0.29) is 36.3 Å². The van der Waals surface area contributed by atoms with Gasteiger partial charge in [-0.1, -0.05) is 41.9 Å². The molecule has 300 valence electrons. The van der Waals surface area contributed by atoms with E-state index < -0.39 is 11.5 Å². The number of carbonyl (C=O) groups excluding carboxylic acids is 3. The number of likely N-dealkylation sites (N-methyl/N-ethyl adjacent to an activating group) is 1. The molecule has 2 amide bonds. The van der Waals surface area contributed by atoms with Crippen molar-refractivity contribution in [2.75, 3.05) is 52.9 Å². The number of aryl methyl sites for hydroxylation is 1. The van der Waals surface area contributed by atoms with E-state index in [9.17, 15) is 19.2 Å². The molecule has 3 aromatic carbocycles. The van der Waals surface area contributed by atoms with Crippen molar-refractivity contribution < 1.29 is 19.1 Å². The van der Waals surface area contributed by atoms with Crippen LogP contribution in [0.25, 0.3) is 16.6 Å². The van der Waals surface area contributed by atoms with Crippen LogP contribution >= 0.6 is 11.6 Å². The lowest BCUT2D eigenvalue weighted by molar-refractivity contribution is -0.133. The van der Waals surface area contributed by atoms with Crippen LogP contribution in [0, 0.1) is 6.92 Å². The summed E-state index contributed by atoms with van der Waals surface area (Å²) in [6.07, 6.45) is 6.21. The van der Waals surface area contributed by atoms with Crippen LogP contribution in [0.1, 0.15) is 91.9 Å². The molecular formula is C45H53ClN6O5. The van der Waals surface area contributed by atoms with Gasteiger partial charge in [-0.3, -0.25) is 19.0 Å². The van der Waals surface area contributed by atoms with Crippen LogP contribution in [0.15, 0.2) is 53.3 Å². The zero-order valence-corrected chi connectivity index (χ0v) is 34.2. The third-order valence-corrected chi connectivity index (χ3v) is 13.8.